The highest BCUT2D eigenvalue weighted by molar-refractivity contribution is 7.08. The third kappa shape index (κ3) is 1.62. The first-order valence-corrected chi connectivity index (χ1v) is 6.18. The van der Waals surface area contributed by atoms with Crippen LogP contribution in [0.5, 0.6) is 0 Å². The van der Waals surface area contributed by atoms with Crippen molar-refractivity contribution < 1.29 is 4.79 Å². The zero-order valence-corrected chi connectivity index (χ0v) is 10.1. The molecule has 2 aromatic rings. The zero-order valence-electron chi connectivity index (χ0n) is 9.30. The van der Waals surface area contributed by atoms with Crippen LogP contribution in [-0.2, 0) is 6.42 Å². The molecule has 7 heteroatoms. The second-order valence-electron chi connectivity index (χ2n) is 3.98. The summed E-state index contributed by atoms with van der Waals surface area (Å²) in [6.07, 6.45) is 3.60. The highest BCUT2D eigenvalue weighted by Crippen LogP contribution is 2.27. The minimum Gasteiger partial charge on any atom is -0.304 e. The highest BCUT2D eigenvalue weighted by Gasteiger charge is 2.27. The van der Waals surface area contributed by atoms with Crippen molar-refractivity contribution in [3.8, 4) is 0 Å². The first-order valence-electron chi connectivity index (χ1n) is 5.40. The van der Waals surface area contributed by atoms with Crippen molar-refractivity contribution in [2.75, 3.05) is 11.4 Å². The second-order valence-corrected chi connectivity index (χ2v) is 4.74. The summed E-state index contributed by atoms with van der Waals surface area (Å²) in [7, 11) is 0. The van der Waals surface area contributed by atoms with Crippen LogP contribution in [0.15, 0.2) is 6.20 Å². The van der Waals surface area contributed by atoms with Gasteiger partial charge in [-0.2, -0.15) is 5.10 Å². The van der Waals surface area contributed by atoms with E-state index >= 15 is 0 Å². The number of fused-ring (bicyclic) bond motifs is 1. The third-order valence-electron chi connectivity index (χ3n) is 2.89. The summed E-state index contributed by atoms with van der Waals surface area (Å²) < 4.78 is 3.80. The van der Waals surface area contributed by atoms with Gasteiger partial charge in [-0.05, 0) is 31.3 Å². The maximum Gasteiger partial charge on any atom is 0.272 e. The Kier molecular flexibility index (Phi) is 2.40. The molecule has 2 aromatic heterocycles. The number of hydrogen-bond donors (Lipinski definition) is 1. The topological polar surface area (TPSA) is 74.8 Å². The van der Waals surface area contributed by atoms with Gasteiger partial charge in [0.05, 0.1) is 23.3 Å². The maximum atomic E-state index is 12.4. The molecular weight excluding hydrogens is 238 g/mol. The fourth-order valence-corrected chi connectivity index (χ4v) is 2.62. The Labute approximate surface area is 102 Å². The Hall–Kier alpha value is -1.76. The standard InChI is InChI=1S/C10H11N5OS/c1-6-9(17-14-12-6)10(16)15-4-2-3-7-8(15)5-11-13-7/h5H,2-4H2,1H3,(H,11,13). The van der Waals surface area contributed by atoms with E-state index in [0.29, 0.717) is 10.6 Å². The number of rotatable bonds is 1. The van der Waals surface area contributed by atoms with Crippen LogP contribution in [0.1, 0.15) is 27.5 Å². The van der Waals surface area contributed by atoms with Gasteiger partial charge >= 0.3 is 0 Å². The molecule has 3 heterocycles. The summed E-state index contributed by atoms with van der Waals surface area (Å²) in [5.41, 5.74) is 2.60. The minimum absolute atomic E-state index is 0.0279. The van der Waals surface area contributed by atoms with Crippen molar-refractivity contribution in [3.05, 3.63) is 22.5 Å². The van der Waals surface area contributed by atoms with E-state index < -0.39 is 0 Å². The molecule has 0 atom stereocenters. The molecule has 1 aliphatic heterocycles. The summed E-state index contributed by atoms with van der Waals surface area (Å²) in [5.74, 6) is -0.0279. The molecule has 0 saturated carbocycles. The number of H-pyrrole nitrogens is 1. The smallest absolute Gasteiger partial charge is 0.272 e. The van der Waals surface area contributed by atoms with Crippen LogP contribution in [0.25, 0.3) is 0 Å². The molecule has 0 unspecified atom stereocenters. The Morgan fingerprint density at radius 1 is 1.59 bits per heavy atom. The van der Waals surface area contributed by atoms with Gasteiger partial charge in [0.15, 0.2) is 0 Å². The van der Waals surface area contributed by atoms with Crippen molar-refractivity contribution in [1.29, 1.82) is 0 Å². The van der Waals surface area contributed by atoms with E-state index in [1.807, 2.05) is 0 Å². The first-order chi connectivity index (χ1) is 8.27. The molecule has 0 aromatic carbocycles. The monoisotopic (exact) mass is 249 g/mol. The molecule has 0 aliphatic carbocycles. The lowest BCUT2D eigenvalue weighted by atomic mass is 10.1. The molecule has 1 N–H and O–H groups in total. The number of aromatic nitrogens is 4. The molecule has 0 radical (unpaired) electrons. The number of hydrogen-bond acceptors (Lipinski definition) is 5. The van der Waals surface area contributed by atoms with Gasteiger partial charge in [-0.3, -0.25) is 9.89 Å². The summed E-state index contributed by atoms with van der Waals surface area (Å²) in [4.78, 5) is 14.7. The number of nitrogens with one attached hydrogen (secondary N) is 1. The van der Waals surface area contributed by atoms with Crippen molar-refractivity contribution >= 4 is 23.1 Å². The Bertz CT molecular complexity index is 561. The number of aromatic amines is 1. The third-order valence-corrected chi connectivity index (χ3v) is 3.70. The van der Waals surface area contributed by atoms with E-state index in [2.05, 4.69) is 19.8 Å². The van der Waals surface area contributed by atoms with Crippen molar-refractivity contribution in [1.82, 2.24) is 19.8 Å². The Morgan fingerprint density at radius 3 is 3.24 bits per heavy atom. The normalized spacial score (nSPS) is 14.8. The molecule has 17 heavy (non-hydrogen) atoms. The fraction of sp³-hybridized carbons (Fsp3) is 0.400. The predicted octanol–water partition coefficient (Wildman–Crippen LogP) is 1.16. The van der Waals surface area contributed by atoms with Crippen LogP contribution < -0.4 is 4.90 Å². The van der Waals surface area contributed by atoms with E-state index in [1.54, 1.807) is 18.0 Å². The summed E-state index contributed by atoms with van der Waals surface area (Å²) in [6, 6.07) is 0. The maximum absolute atomic E-state index is 12.4. The molecule has 1 amide bonds. The second kappa shape index (κ2) is 3.92. The van der Waals surface area contributed by atoms with E-state index in [1.165, 1.54) is 0 Å². The van der Waals surface area contributed by atoms with Gasteiger partial charge in [0.2, 0.25) is 0 Å². The molecule has 0 fully saturated rings. The lowest BCUT2D eigenvalue weighted by Gasteiger charge is -2.25. The summed E-state index contributed by atoms with van der Waals surface area (Å²) >= 11 is 1.15. The van der Waals surface area contributed by atoms with Crippen LogP contribution in [0.4, 0.5) is 5.69 Å². The van der Waals surface area contributed by atoms with Crippen LogP contribution in [-0.4, -0.2) is 32.2 Å². The number of amides is 1. The highest BCUT2D eigenvalue weighted by atomic mass is 32.1. The number of carbonyl (C=O) groups is 1. The largest absolute Gasteiger partial charge is 0.304 e. The van der Waals surface area contributed by atoms with Crippen LogP contribution >= 0.6 is 11.5 Å². The molecule has 0 bridgehead atoms. The molecule has 1 aliphatic rings. The molecule has 0 spiro atoms. The number of carbonyl (C=O) groups excluding carboxylic acids is 1. The van der Waals surface area contributed by atoms with Gasteiger partial charge in [0.1, 0.15) is 4.88 Å². The van der Waals surface area contributed by atoms with Gasteiger partial charge in [-0.15, -0.1) is 5.10 Å². The van der Waals surface area contributed by atoms with Gasteiger partial charge < -0.3 is 4.90 Å². The zero-order chi connectivity index (χ0) is 11.8. The van der Waals surface area contributed by atoms with Crippen LogP contribution in [0.2, 0.25) is 0 Å². The fourth-order valence-electron chi connectivity index (χ4n) is 2.02. The lowest BCUT2D eigenvalue weighted by molar-refractivity contribution is 0.0988. The molecular formula is C10H11N5OS. The van der Waals surface area contributed by atoms with Crippen molar-refractivity contribution in [2.45, 2.75) is 19.8 Å². The molecule has 3 rings (SSSR count). The molecule has 0 saturated heterocycles. The average Bonchev–Trinajstić information content (AvgIpc) is 2.95. The summed E-state index contributed by atoms with van der Waals surface area (Å²) in [5, 5.41) is 10.8. The van der Waals surface area contributed by atoms with E-state index in [4.69, 9.17) is 0 Å². The van der Waals surface area contributed by atoms with Crippen LogP contribution in [0.3, 0.4) is 0 Å². The van der Waals surface area contributed by atoms with Gasteiger partial charge in [0.25, 0.3) is 5.91 Å². The van der Waals surface area contributed by atoms with Gasteiger partial charge in [-0.25, -0.2) is 0 Å². The molecule has 88 valence electrons. The predicted molar refractivity (Wildman–Crippen MR) is 63.2 cm³/mol. The summed E-state index contributed by atoms with van der Waals surface area (Å²) in [6.45, 7) is 2.53. The van der Waals surface area contributed by atoms with Crippen molar-refractivity contribution in [2.24, 2.45) is 0 Å². The van der Waals surface area contributed by atoms with Gasteiger partial charge in [0, 0.05) is 6.54 Å². The Balaban J connectivity index is 1.97. The van der Waals surface area contributed by atoms with Crippen molar-refractivity contribution in [3.63, 3.8) is 0 Å². The number of aryl methyl sites for hydroxylation is 2. The quantitative estimate of drug-likeness (QED) is 0.823. The van der Waals surface area contributed by atoms with Gasteiger partial charge in [-0.1, -0.05) is 4.49 Å². The van der Waals surface area contributed by atoms with Crippen LogP contribution in [0, 0.1) is 6.92 Å². The number of anilines is 1. The van der Waals surface area contributed by atoms with E-state index in [0.717, 1.165) is 42.3 Å². The lowest BCUT2D eigenvalue weighted by Crippen LogP contribution is -2.35. The molecule has 6 nitrogen and oxygen atoms in total. The Morgan fingerprint density at radius 2 is 2.47 bits per heavy atom. The first kappa shape index (κ1) is 10.4. The average molecular weight is 249 g/mol. The van der Waals surface area contributed by atoms with E-state index in [9.17, 15) is 4.79 Å². The minimum atomic E-state index is -0.0279. The van der Waals surface area contributed by atoms with E-state index in [-0.39, 0.29) is 5.91 Å². The SMILES string of the molecule is Cc1nnsc1C(=O)N1CCCc2[nH]ncc21. The number of nitrogens with zero attached hydrogens (tertiary/aromatic N) is 4.